The molecule has 0 aliphatic rings. The van der Waals surface area contributed by atoms with Gasteiger partial charge in [0, 0.05) is 11.8 Å². The van der Waals surface area contributed by atoms with Gasteiger partial charge in [-0.25, -0.2) is 0 Å². The number of phenolic OH excluding ortho intramolecular Hbond substituents is 1. The maximum Gasteiger partial charge on any atom is 0.250 e. The van der Waals surface area contributed by atoms with Crippen LogP contribution < -0.4 is 10.6 Å². The molecule has 0 spiro atoms. The number of rotatable bonds is 3. The van der Waals surface area contributed by atoms with Crippen molar-refractivity contribution in [1.82, 2.24) is 5.32 Å². The molecule has 1 amide bonds. The zero-order chi connectivity index (χ0) is 16.8. The lowest BCUT2D eigenvalue weighted by atomic mass is 10.2. The number of aromatic hydroxyl groups is 1. The topological polar surface area (TPSA) is 61.4 Å². The summed E-state index contributed by atoms with van der Waals surface area (Å²) < 4.78 is 0. The third kappa shape index (κ3) is 5.25. The Morgan fingerprint density at radius 3 is 2.35 bits per heavy atom. The highest BCUT2D eigenvalue weighted by Gasteiger charge is 2.08. The second kappa shape index (κ2) is 7.97. The molecule has 2 aromatic rings. The van der Waals surface area contributed by atoms with E-state index in [1.807, 2.05) is 30.3 Å². The number of amides is 1. The molecule has 0 saturated heterocycles. The van der Waals surface area contributed by atoms with Crippen molar-refractivity contribution < 1.29 is 9.90 Å². The normalized spacial score (nSPS) is 10.5. The minimum Gasteiger partial charge on any atom is -0.505 e. The minimum absolute atomic E-state index is 0.0816. The zero-order valence-electron chi connectivity index (χ0n) is 11.7. The summed E-state index contributed by atoms with van der Waals surface area (Å²) in [6.45, 7) is 0. The van der Waals surface area contributed by atoms with Crippen molar-refractivity contribution in [2.24, 2.45) is 0 Å². The third-order valence-electron chi connectivity index (χ3n) is 2.74. The molecule has 4 nitrogen and oxygen atoms in total. The number of hydrogen-bond acceptors (Lipinski definition) is 3. The quantitative estimate of drug-likeness (QED) is 0.432. The Morgan fingerprint density at radius 2 is 1.74 bits per heavy atom. The van der Waals surface area contributed by atoms with E-state index in [1.165, 1.54) is 18.2 Å². The molecule has 3 N–H and O–H groups in total. The van der Waals surface area contributed by atoms with Crippen molar-refractivity contribution in [2.45, 2.75) is 0 Å². The second-order valence-corrected chi connectivity index (χ2v) is 5.70. The van der Waals surface area contributed by atoms with Gasteiger partial charge in [0.2, 0.25) is 5.91 Å². The molecule has 23 heavy (non-hydrogen) atoms. The maximum atomic E-state index is 11.8. The first-order valence-corrected chi connectivity index (χ1v) is 7.65. The smallest absolute Gasteiger partial charge is 0.250 e. The number of phenols is 1. The van der Waals surface area contributed by atoms with E-state index in [0.717, 1.165) is 5.56 Å². The summed E-state index contributed by atoms with van der Waals surface area (Å²) in [5.41, 5.74) is 1.36. The second-order valence-electron chi connectivity index (χ2n) is 4.48. The molecule has 0 radical (unpaired) electrons. The summed E-state index contributed by atoms with van der Waals surface area (Å²) in [6.07, 6.45) is 3.05. The van der Waals surface area contributed by atoms with Crippen LogP contribution in [-0.2, 0) is 4.79 Å². The molecule has 0 fully saturated rings. The van der Waals surface area contributed by atoms with E-state index in [4.69, 9.17) is 35.4 Å². The number of nitrogens with one attached hydrogen (secondary N) is 2. The SMILES string of the molecule is O=C(/C=C/c1ccccc1)NC(=S)Nc1cc(Cl)c(O)c(Cl)c1. The van der Waals surface area contributed by atoms with Crippen LogP contribution in [0.4, 0.5) is 5.69 Å². The molecule has 2 rings (SSSR count). The van der Waals surface area contributed by atoms with Gasteiger partial charge in [-0.3, -0.25) is 10.1 Å². The Morgan fingerprint density at radius 1 is 1.13 bits per heavy atom. The van der Waals surface area contributed by atoms with Crippen LogP contribution in [0.3, 0.4) is 0 Å². The van der Waals surface area contributed by atoms with Gasteiger partial charge in [0.15, 0.2) is 10.9 Å². The molecule has 2 aromatic carbocycles. The third-order valence-corrected chi connectivity index (χ3v) is 3.52. The van der Waals surface area contributed by atoms with E-state index >= 15 is 0 Å². The summed E-state index contributed by atoms with van der Waals surface area (Å²) in [5.74, 6) is -0.582. The summed E-state index contributed by atoms with van der Waals surface area (Å²) in [7, 11) is 0. The Bertz CT molecular complexity index is 741. The molecular formula is C16H12Cl2N2O2S. The lowest BCUT2D eigenvalue weighted by molar-refractivity contribution is -0.115. The number of carbonyl (C=O) groups excluding carboxylic acids is 1. The fourth-order valence-corrected chi connectivity index (χ4v) is 2.40. The van der Waals surface area contributed by atoms with Crippen LogP contribution in [-0.4, -0.2) is 16.1 Å². The van der Waals surface area contributed by atoms with Crippen LogP contribution in [0.5, 0.6) is 5.75 Å². The van der Waals surface area contributed by atoms with Crippen LogP contribution in [0.1, 0.15) is 5.56 Å². The predicted octanol–water partition coefficient (Wildman–Crippen LogP) is 4.23. The lowest BCUT2D eigenvalue weighted by Crippen LogP contribution is -2.32. The molecule has 0 heterocycles. The van der Waals surface area contributed by atoms with Gasteiger partial charge in [-0.05, 0) is 36.0 Å². The highest BCUT2D eigenvalue weighted by Crippen LogP contribution is 2.34. The minimum atomic E-state index is -0.373. The first-order valence-electron chi connectivity index (χ1n) is 6.49. The molecule has 118 valence electrons. The van der Waals surface area contributed by atoms with Crippen molar-refractivity contribution in [2.75, 3.05) is 5.32 Å². The predicted molar refractivity (Wildman–Crippen MR) is 98.0 cm³/mol. The van der Waals surface area contributed by atoms with Gasteiger partial charge in [-0.1, -0.05) is 53.5 Å². The van der Waals surface area contributed by atoms with Crippen molar-refractivity contribution in [3.05, 3.63) is 64.1 Å². The van der Waals surface area contributed by atoms with Gasteiger partial charge in [-0.2, -0.15) is 0 Å². The highest BCUT2D eigenvalue weighted by atomic mass is 35.5. The van der Waals surface area contributed by atoms with Crippen LogP contribution in [0.15, 0.2) is 48.5 Å². The Hall–Kier alpha value is -2.08. The zero-order valence-corrected chi connectivity index (χ0v) is 14.0. The number of anilines is 1. The van der Waals surface area contributed by atoms with Crippen LogP contribution >= 0.6 is 35.4 Å². The molecule has 7 heteroatoms. The first kappa shape index (κ1) is 17.3. The van der Waals surface area contributed by atoms with Gasteiger partial charge in [0.1, 0.15) is 0 Å². The fourth-order valence-electron chi connectivity index (χ4n) is 1.69. The van der Waals surface area contributed by atoms with Crippen LogP contribution in [0.25, 0.3) is 6.08 Å². The number of carbonyl (C=O) groups is 1. The maximum absolute atomic E-state index is 11.8. The fraction of sp³-hybridized carbons (Fsp3) is 0. The molecular weight excluding hydrogens is 355 g/mol. The molecule has 0 bridgehead atoms. The van der Waals surface area contributed by atoms with Crippen molar-refractivity contribution in [1.29, 1.82) is 0 Å². The average molecular weight is 367 g/mol. The summed E-state index contributed by atoms with van der Waals surface area (Å²) in [4.78, 5) is 11.8. The van der Waals surface area contributed by atoms with Gasteiger partial charge in [0.05, 0.1) is 10.0 Å². The molecule has 0 atom stereocenters. The van der Waals surface area contributed by atoms with Crippen molar-refractivity contribution in [3.63, 3.8) is 0 Å². The Kier molecular flexibility index (Phi) is 5.98. The van der Waals surface area contributed by atoms with Gasteiger partial charge in [-0.15, -0.1) is 0 Å². The summed E-state index contributed by atoms with van der Waals surface area (Å²) >= 11 is 16.7. The summed E-state index contributed by atoms with van der Waals surface area (Å²) in [5, 5.41) is 15.0. The molecule has 0 aromatic heterocycles. The van der Waals surface area contributed by atoms with Gasteiger partial charge >= 0.3 is 0 Å². The number of benzene rings is 2. The molecule has 0 aliphatic carbocycles. The highest BCUT2D eigenvalue weighted by molar-refractivity contribution is 7.80. The van der Waals surface area contributed by atoms with Crippen molar-refractivity contribution >= 4 is 58.2 Å². The van der Waals surface area contributed by atoms with E-state index in [0.29, 0.717) is 5.69 Å². The standard InChI is InChI=1S/C16H12Cl2N2O2S/c17-12-8-11(9-13(18)15(12)22)19-16(23)20-14(21)7-6-10-4-2-1-3-5-10/h1-9,22H,(H2,19,20,21,23)/b7-6+. The Balaban J connectivity index is 1.94. The lowest BCUT2D eigenvalue weighted by Gasteiger charge is -2.10. The first-order chi connectivity index (χ1) is 11.0. The van der Waals surface area contributed by atoms with Gasteiger partial charge in [0.25, 0.3) is 0 Å². The molecule has 0 saturated carbocycles. The average Bonchev–Trinajstić information content (AvgIpc) is 2.51. The summed E-state index contributed by atoms with van der Waals surface area (Å²) in [6, 6.07) is 12.3. The van der Waals surface area contributed by atoms with E-state index in [-0.39, 0.29) is 26.8 Å². The number of thiocarbonyl (C=S) groups is 1. The van der Waals surface area contributed by atoms with E-state index in [2.05, 4.69) is 10.6 Å². The van der Waals surface area contributed by atoms with Gasteiger partial charge < -0.3 is 10.4 Å². The van der Waals surface area contributed by atoms with Crippen molar-refractivity contribution in [3.8, 4) is 5.75 Å². The largest absolute Gasteiger partial charge is 0.505 e. The van der Waals surface area contributed by atoms with E-state index in [1.54, 1.807) is 6.08 Å². The number of hydrogen-bond donors (Lipinski definition) is 3. The monoisotopic (exact) mass is 366 g/mol. The number of halogens is 2. The van der Waals surface area contributed by atoms with Crippen LogP contribution in [0, 0.1) is 0 Å². The van der Waals surface area contributed by atoms with Crippen LogP contribution in [0.2, 0.25) is 10.0 Å². The molecule has 0 aliphatic heterocycles. The van der Waals surface area contributed by atoms with E-state index in [9.17, 15) is 9.90 Å². The van der Waals surface area contributed by atoms with E-state index < -0.39 is 0 Å². The Labute approximate surface area is 148 Å². The molecule has 0 unspecified atom stereocenters.